The summed E-state index contributed by atoms with van der Waals surface area (Å²) in [7, 11) is -3.59. The maximum atomic E-state index is 12.6. The summed E-state index contributed by atoms with van der Waals surface area (Å²) in [5, 5.41) is 7.81. The molecule has 134 valence electrons. The van der Waals surface area contributed by atoms with Crippen LogP contribution in [0.1, 0.15) is 29.1 Å². The van der Waals surface area contributed by atoms with Gasteiger partial charge >= 0.3 is 0 Å². The molecule has 1 aliphatic rings. The van der Waals surface area contributed by atoms with Gasteiger partial charge in [-0.25, -0.2) is 8.42 Å². The number of carbonyl (C=O) groups excluding carboxylic acids is 1. The highest BCUT2D eigenvalue weighted by molar-refractivity contribution is 7.89. The Morgan fingerprint density at radius 3 is 2.58 bits per heavy atom. The Bertz CT molecular complexity index is 1030. The van der Waals surface area contributed by atoms with Crippen LogP contribution in [0.2, 0.25) is 0 Å². The molecule has 1 saturated heterocycles. The van der Waals surface area contributed by atoms with Crippen LogP contribution in [0.3, 0.4) is 0 Å². The second-order valence-corrected chi connectivity index (χ2v) is 8.79. The number of sulfonamides is 1. The van der Waals surface area contributed by atoms with Gasteiger partial charge < -0.3 is 4.52 Å². The van der Waals surface area contributed by atoms with E-state index in [9.17, 15) is 13.2 Å². The van der Waals surface area contributed by atoms with Crippen molar-refractivity contribution < 1.29 is 17.7 Å². The zero-order valence-electron chi connectivity index (χ0n) is 13.8. The van der Waals surface area contributed by atoms with E-state index in [1.165, 1.54) is 35.5 Å². The Labute approximate surface area is 154 Å². The first-order valence-electron chi connectivity index (χ1n) is 7.92. The van der Waals surface area contributed by atoms with Gasteiger partial charge in [0.2, 0.25) is 21.7 Å². The van der Waals surface area contributed by atoms with Gasteiger partial charge in [-0.2, -0.15) is 20.6 Å². The van der Waals surface area contributed by atoms with Gasteiger partial charge in [0.05, 0.1) is 10.8 Å². The molecule has 0 unspecified atom stereocenters. The third-order valence-corrected chi connectivity index (χ3v) is 6.85. The summed E-state index contributed by atoms with van der Waals surface area (Å²) in [6, 6.07) is 7.87. The number of ketones is 1. The highest BCUT2D eigenvalue weighted by Crippen LogP contribution is 2.32. The molecule has 0 saturated carbocycles. The van der Waals surface area contributed by atoms with Crippen molar-refractivity contribution in [3.05, 3.63) is 52.5 Å². The van der Waals surface area contributed by atoms with E-state index in [0.29, 0.717) is 30.4 Å². The Hall–Kier alpha value is -2.36. The lowest BCUT2D eigenvalue weighted by Gasteiger charge is -2.35. The zero-order chi connectivity index (χ0) is 18.3. The summed E-state index contributed by atoms with van der Waals surface area (Å²) >= 11 is 1.55. The number of carbonyl (C=O) groups is 1. The van der Waals surface area contributed by atoms with Crippen molar-refractivity contribution in [2.24, 2.45) is 0 Å². The molecule has 1 fully saturated rings. The molecule has 0 spiro atoms. The van der Waals surface area contributed by atoms with Crippen LogP contribution in [0.4, 0.5) is 0 Å². The molecular weight excluding hydrogens is 374 g/mol. The van der Waals surface area contributed by atoms with Gasteiger partial charge in [-0.1, -0.05) is 17.3 Å². The third kappa shape index (κ3) is 2.98. The molecule has 3 heterocycles. The molecule has 0 radical (unpaired) electrons. The van der Waals surface area contributed by atoms with Crippen molar-refractivity contribution in [3.8, 4) is 11.4 Å². The molecule has 2 aromatic heterocycles. The average Bonchev–Trinajstić information content (AvgIpc) is 3.24. The minimum absolute atomic E-state index is 0.101. The van der Waals surface area contributed by atoms with Gasteiger partial charge in [0.15, 0.2) is 5.78 Å². The summed E-state index contributed by atoms with van der Waals surface area (Å²) in [6.07, 6.45) is 0. The standard InChI is InChI=1S/C17H15N3O4S2/c1-11(21)12-2-4-15(5-3-12)26(22,23)20-8-14(9-20)17-18-16(19-24-17)13-6-7-25-10-13/h2-7,10,14H,8-9H2,1H3. The van der Waals surface area contributed by atoms with E-state index < -0.39 is 10.0 Å². The van der Waals surface area contributed by atoms with Crippen LogP contribution in [0, 0.1) is 0 Å². The fraction of sp³-hybridized carbons (Fsp3) is 0.235. The number of nitrogens with zero attached hydrogens (tertiary/aromatic N) is 3. The first-order valence-corrected chi connectivity index (χ1v) is 10.3. The number of thiophene rings is 1. The van der Waals surface area contributed by atoms with Crippen molar-refractivity contribution in [2.75, 3.05) is 13.1 Å². The summed E-state index contributed by atoms with van der Waals surface area (Å²) in [4.78, 5) is 15.8. The summed E-state index contributed by atoms with van der Waals surface area (Å²) in [5.41, 5.74) is 1.37. The molecule has 1 aliphatic heterocycles. The highest BCUT2D eigenvalue weighted by atomic mass is 32.2. The molecule has 7 nitrogen and oxygen atoms in total. The number of benzene rings is 1. The van der Waals surface area contributed by atoms with E-state index in [2.05, 4.69) is 10.1 Å². The van der Waals surface area contributed by atoms with E-state index in [4.69, 9.17) is 4.52 Å². The van der Waals surface area contributed by atoms with E-state index in [1.807, 2.05) is 16.8 Å². The van der Waals surface area contributed by atoms with Gasteiger partial charge in [-0.15, -0.1) is 0 Å². The monoisotopic (exact) mass is 389 g/mol. The molecule has 0 aliphatic carbocycles. The molecule has 4 rings (SSSR count). The minimum atomic E-state index is -3.59. The van der Waals surface area contributed by atoms with Crippen LogP contribution in [0.15, 0.2) is 50.5 Å². The molecule has 1 aromatic carbocycles. The van der Waals surface area contributed by atoms with E-state index in [0.717, 1.165) is 5.56 Å². The van der Waals surface area contributed by atoms with Gasteiger partial charge in [-0.05, 0) is 30.5 Å². The Kier molecular flexibility index (Phi) is 4.22. The molecular formula is C17H15N3O4S2. The average molecular weight is 389 g/mol. The molecule has 0 bridgehead atoms. The predicted molar refractivity (Wildman–Crippen MR) is 95.6 cm³/mol. The van der Waals surface area contributed by atoms with Gasteiger partial charge in [-0.3, -0.25) is 4.79 Å². The van der Waals surface area contributed by atoms with Crippen LogP contribution in [-0.4, -0.2) is 41.7 Å². The number of aromatic nitrogens is 2. The van der Waals surface area contributed by atoms with Gasteiger partial charge in [0.25, 0.3) is 0 Å². The van der Waals surface area contributed by atoms with Crippen LogP contribution >= 0.6 is 11.3 Å². The van der Waals surface area contributed by atoms with Crippen molar-refractivity contribution in [2.45, 2.75) is 17.7 Å². The van der Waals surface area contributed by atoms with E-state index >= 15 is 0 Å². The molecule has 26 heavy (non-hydrogen) atoms. The molecule has 3 aromatic rings. The van der Waals surface area contributed by atoms with Gasteiger partial charge in [0, 0.05) is 29.6 Å². The Morgan fingerprint density at radius 1 is 1.23 bits per heavy atom. The van der Waals surface area contributed by atoms with Gasteiger partial charge in [0.1, 0.15) is 0 Å². The fourth-order valence-corrected chi connectivity index (χ4v) is 4.88. The molecule has 0 amide bonds. The maximum Gasteiger partial charge on any atom is 0.243 e. The fourth-order valence-electron chi connectivity index (χ4n) is 2.71. The van der Waals surface area contributed by atoms with Crippen LogP contribution in [0.25, 0.3) is 11.4 Å². The van der Waals surface area contributed by atoms with Crippen molar-refractivity contribution >= 4 is 27.1 Å². The predicted octanol–water partition coefficient (Wildman–Crippen LogP) is 2.79. The van der Waals surface area contributed by atoms with E-state index in [-0.39, 0.29) is 16.6 Å². The van der Waals surface area contributed by atoms with E-state index in [1.54, 1.807) is 11.3 Å². The Balaban J connectivity index is 1.46. The lowest BCUT2D eigenvalue weighted by molar-refractivity contribution is 0.101. The van der Waals surface area contributed by atoms with Crippen LogP contribution < -0.4 is 0 Å². The number of hydrogen-bond acceptors (Lipinski definition) is 7. The first kappa shape index (κ1) is 17.1. The SMILES string of the molecule is CC(=O)c1ccc(S(=O)(=O)N2CC(c3nc(-c4ccsc4)no3)C2)cc1. The quantitative estimate of drug-likeness (QED) is 0.623. The lowest BCUT2D eigenvalue weighted by Crippen LogP contribution is -2.48. The second-order valence-electron chi connectivity index (χ2n) is 6.07. The van der Waals surface area contributed by atoms with Crippen LogP contribution in [-0.2, 0) is 10.0 Å². The smallest absolute Gasteiger partial charge is 0.243 e. The molecule has 0 atom stereocenters. The highest BCUT2D eigenvalue weighted by Gasteiger charge is 2.40. The van der Waals surface area contributed by atoms with Crippen molar-refractivity contribution in [1.82, 2.24) is 14.4 Å². The molecule has 9 heteroatoms. The summed E-state index contributed by atoms with van der Waals surface area (Å²) in [6.45, 7) is 2.03. The number of rotatable bonds is 5. The lowest BCUT2D eigenvalue weighted by atomic mass is 10.0. The van der Waals surface area contributed by atoms with Crippen molar-refractivity contribution in [3.63, 3.8) is 0 Å². The largest absolute Gasteiger partial charge is 0.339 e. The second kappa shape index (κ2) is 6.42. The topological polar surface area (TPSA) is 93.4 Å². The zero-order valence-corrected chi connectivity index (χ0v) is 15.5. The maximum absolute atomic E-state index is 12.6. The first-order chi connectivity index (χ1) is 12.4. The number of hydrogen-bond donors (Lipinski definition) is 0. The minimum Gasteiger partial charge on any atom is -0.339 e. The molecule has 0 N–H and O–H groups in total. The van der Waals surface area contributed by atoms with Crippen molar-refractivity contribution in [1.29, 1.82) is 0 Å². The Morgan fingerprint density at radius 2 is 1.96 bits per heavy atom. The van der Waals surface area contributed by atoms with Crippen LogP contribution in [0.5, 0.6) is 0 Å². The number of Topliss-reactive ketones (excluding diaryl/α,β-unsaturated/α-hetero) is 1. The third-order valence-electron chi connectivity index (χ3n) is 4.32. The summed E-state index contributed by atoms with van der Waals surface area (Å²) < 4.78 is 31.9. The normalized spacial score (nSPS) is 15.7. The summed E-state index contributed by atoms with van der Waals surface area (Å²) in [5.74, 6) is 0.754.